The van der Waals surface area contributed by atoms with Crippen LogP contribution in [-0.2, 0) is 0 Å². The van der Waals surface area contributed by atoms with Crippen LogP contribution in [0.5, 0.6) is 0 Å². The highest BCUT2D eigenvalue weighted by Crippen LogP contribution is 2.08. The highest BCUT2D eigenvalue weighted by atomic mass is 15.1. The molecule has 0 atom stereocenters. The lowest BCUT2D eigenvalue weighted by Crippen LogP contribution is -2.22. The van der Waals surface area contributed by atoms with Crippen LogP contribution in [-0.4, -0.2) is 12.5 Å². The minimum Gasteiger partial charge on any atom is -0.370 e. The summed E-state index contributed by atoms with van der Waals surface area (Å²) < 4.78 is 0. The van der Waals surface area contributed by atoms with E-state index in [-0.39, 0.29) is 0 Å². The minimum atomic E-state index is 0.466. The van der Waals surface area contributed by atoms with Crippen LogP contribution < -0.4 is 11.1 Å². The van der Waals surface area contributed by atoms with E-state index >= 15 is 0 Å². The molecule has 0 amide bonds. The lowest BCUT2D eigenvalue weighted by molar-refractivity contribution is 1.12. The van der Waals surface area contributed by atoms with Gasteiger partial charge in [0.2, 0.25) is 0 Å². The Morgan fingerprint density at radius 3 is 2.92 bits per heavy atom. The van der Waals surface area contributed by atoms with Gasteiger partial charge in [0, 0.05) is 12.2 Å². The van der Waals surface area contributed by atoms with Crippen molar-refractivity contribution in [3.63, 3.8) is 0 Å². The van der Waals surface area contributed by atoms with Gasteiger partial charge in [0.05, 0.1) is 0 Å². The summed E-state index contributed by atoms with van der Waals surface area (Å²) in [6, 6.07) is 8.01. The van der Waals surface area contributed by atoms with Gasteiger partial charge in [-0.05, 0) is 31.5 Å². The molecular formula is C10H15N3. The molecule has 70 valence electrons. The molecule has 0 aliphatic rings. The van der Waals surface area contributed by atoms with Crippen LogP contribution in [0.4, 0.5) is 5.69 Å². The van der Waals surface area contributed by atoms with Crippen LogP contribution in [0.15, 0.2) is 29.3 Å². The Hall–Kier alpha value is -1.51. The first-order valence-corrected chi connectivity index (χ1v) is 4.36. The predicted molar refractivity (Wildman–Crippen MR) is 57.0 cm³/mol. The van der Waals surface area contributed by atoms with Crippen LogP contribution in [0.25, 0.3) is 0 Å². The Morgan fingerprint density at radius 1 is 1.54 bits per heavy atom. The molecule has 13 heavy (non-hydrogen) atoms. The van der Waals surface area contributed by atoms with Crippen LogP contribution in [0, 0.1) is 6.92 Å². The molecule has 0 aliphatic carbocycles. The maximum atomic E-state index is 5.61. The third-order valence-corrected chi connectivity index (χ3v) is 1.62. The standard InChI is InChI=1S/C10H15N3/c1-3-12-10(11)13-9-6-4-5-8(2)7-9/h4-7H,3H2,1-2H3,(H3,11,12,13). The molecule has 0 aliphatic heterocycles. The maximum Gasteiger partial charge on any atom is 0.193 e. The van der Waals surface area contributed by atoms with Crippen molar-refractivity contribution in [1.82, 2.24) is 0 Å². The summed E-state index contributed by atoms with van der Waals surface area (Å²) in [5.41, 5.74) is 7.79. The Balaban J connectivity index is 2.69. The number of nitrogens with two attached hydrogens (primary N) is 1. The molecule has 3 N–H and O–H groups in total. The van der Waals surface area contributed by atoms with E-state index in [9.17, 15) is 0 Å². The summed E-state index contributed by atoms with van der Waals surface area (Å²) in [7, 11) is 0. The third-order valence-electron chi connectivity index (χ3n) is 1.62. The molecule has 1 rings (SSSR count). The topological polar surface area (TPSA) is 50.4 Å². The number of anilines is 1. The first kappa shape index (κ1) is 9.58. The van der Waals surface area contributed by atoms with E-state index in [0.29, 0.717) is 12.5 Å². The van der Waals surface area contributed by atoms with E-state index in [1.165, 1.54) is 5.56 Å². The highest BCUT2D eigenvalue weighted by Gasteiger charge is 1.93. The molecule has 1 aromatic rings. The van der Waals surface area contributed by atoms with Crippen LogP contribution in [0.1, 0.15) is 12.5 Å². The summed E-state index contributed by atoms with van der Waals surface area (Å²) in [5, 5.41) is 3.01. The quantitative estimate of drug-likeness (QED) is 0.534. The second kappa shape index (κ2) is 4.50. The van der Waals surface area contributed by atoms with Crippen LogP contribution >= 0.6 is 0 Å². The zero-order valence-electron chi connectivity index (χ0n) is 8.04. The van der Waals surface area contributed by atoms with Crippen molar-refractivity contribution >= 4 is 11.6 Å². The van der Waals surface area contributed by atoms with Crippen LogP contribution in [0.3, 0.4) is 0 Å². The summed E-state index contributed by atoms with van der Waals surface area (Å²) in [6.07, 6.45) is 0. The van der Waals surface area contributed by atoms with Gasteiger partial charge >= 0.3 is 0 Å². The summed E-state index contributed by atoms with van der Waals surface area (Å²) in [5.74, 6) is 0.466. The van der Waals surface area contributed by atoms with Crippen molar-refractivity contribution in [2.75, 3.05) is 11.9 Å². The van der Waals surface area contributed by atoms with Gasteiger partial charge in [-0.15, -0.1) is 0 Å². The Labute approximate surface area is 78.7 Å². The number of aliphatic imine (C=N–C) groups is 1. The Kier molecular flexibility index (Phi) is 3.31. The number of rotatable bonds is 2. The average Bonchev–Trinajstić information content (AvgIpc) is 2.04. The number of aryl methyl sites for hydroxylation is 1. The van der Waals surface area contributed by atoms with E-state index in [2.05, 4.69) is 10.3 Å². The first-order chi connectivity index (χ1) is 6.22. The van der Waals surface area contributed by atoms with Crippen LogP contribution in [0.2, 0.25) is 0 Å². The van der Waals surface area contributed by atoms with Gasteiger partial charge in [-0.25, -0.2) is 0 Å². The van der Waals surface area contributed by atoms with Gasteiger partial charge < -0.3 is 11.1 Å². The zero-order valence-corrected chi connectivity index (χ0v) is 8.04. The van der Waals surface area contributed by atoms with E-state index in [4.69, 9.17) is 5.73 Å². The van der Waals surface area contributed by atoms with E-state index in [1.807, 2.05) is 38.1 Å². The summed E-state index contributed by atoms with van der Waals surface area (Å²) >= 11 is 0. The lowest BCUT2D eigenvalue weighted by Gasteiger charge is -2.05. The number of nitrogens with one attached hydrogen (secondary N) is 1. The SMILES string of the molecule is CCN=C(N)Nc1cccc(C)c1. The molecular weight excluding hydrogens is 162 g/mol. The molecule has 0 fully saturated rings. The van der Waals surface area contributed by atoms with Gasteiger partial charge in [0.1, 0.15) is 0 Å². The van der Waals surface area contributed by atoms with Gasteiger partial charge in [0.25, 0.3) is 0 Å². The molecule has 1 aromatic carbocycles. The maximum absolute atomic E-state index is 5.61. The molecule has 0 saturated carbocycles. The molecule has 0 unspecified atom stereocenters. The van der Waals surface area contributed by atoms with Gasteiger partial charge in [0.15, 0.2) is 5.96 Å². The van der Waals surface area contributed by atoms with Crippen molar-refractivity contribution in [1.29, 1.82) is 0 Å². The van der Waals surface area contributed by atoms with Crippen molar-refractivity contribution in [3.8, 4) is 0 Å². The van der Waals surface area contributed by atoms with Gasteiger partial charge in [-0.2, -0.15) is 0 Å². The Morgan fingerprint density at radius 2 is 2.31 bits per heavy atom. The lowest BCUT2D eigenvalue weighted by atomic mass is 10.2. The number of hydrogen-bond donors (Lipinski definition) is 2. The average molecular weight is 177 g/mol. The van der Waals surface area contributed by atoms with E-state index < -0.39 is 0 Å². The normalized spacial score (nSPS) is 11.4. The van der Waals surface area contributed by atoms with E-state index in [1.54, 1.807) is 0 Å². The third kappa shape index (κ3) is 3.15. The summed E-state index contributed by atoms with van der Waals surface area (Å²) in [4.78, 5) is 4.03. The minimum absolute atomic E-state index is 0.466. The van der Waals surface area contributed by atoms with Crippen molar-refractivity contribution < 1.29 is 0 Å². The molecule has 0 spiro atoms. The van der Waals surface area contributed by atoms with E-state index in [0.717, 1.165) is 5.69 Å². The molecule has 0 radical (unpaired) electrons. The Bertz CT molecular complexity index is 305. The number of benzene rings is 1. The molecule has 0 aromatic heterocycles. The summed E-state index contributed by atoms with van der Waals surface area (Å²) in [6.45, 7) is 4.69. The fourth-order valence-corrected chi connectivity index (χ4v) is 1.08. The fourth-order valence-electron chi connectivity index (χ4n) is 1.08. The largest absolute Gasteiger partial charge is 0.370 e. The van der Waals surface area contributed by atoms with Crippen molar-refractivity contribution in [2.45, 2.75) is 13.8 Å². The molecule has 0 saturated heterocycles. The smallest absolute Gasteiger partial charge is 0.193 e. The number of nitrogens with zero attached hydrogens (tertiary/aromatic N) is 1. The van der Waals surface area contributed by atoms with Gasteiger partial charge in [-0.3, -0.25) is 4.99 Å². The van der Waals surface area contributed by atoms with Crippen molar-refractivity contribution in [3.05, 3.63) is 29.8 Å². The second-order valence-electron chi connectivity index (χ2n) is 2.85. The molecule has 3 nitrogen and oxygen atoms in total. The fraction of sp³-hybridized carbons (Fsp3) is 0.300. The monoisotopic (exact) mass is 177 g/mol. The highest BCUT2D eigenvalue weighted by molar-refractivity contribution is 5.92. The van der Waals surface area contributed by atoms with Gasteiger partial charge in [-0.1, -0.05) is 12.1 Å². The first-order valence-electron chi connectivity index (χ1n) is 4.36. The molecule has 0 bridgehead atoms. The second-order valence-corrected chi connectivity index (χ2v) is 2.85. The predicted octanol–water partition coefficient (Wildman–Crippen LogP) is 1.74. The zero-order chi connectivity index (χ0) is 9.68. The molecule has 0 heterocycles. The number of hydrogen-bond acceptors (Lipinski definition) is 1. The molecule has 3 heteroatoms. The number of guanidine groups is 1. The van der Waals surface area contributed by atoms with Crippen molar-refractivity contribution in [2.24, 2.45) is 10.7 Å².